The average molecular weight is 496 g/mol. The van der Waals surface area contributed by atoms with Crippen molar-refractivity contribution >= 4 is 45.0 Å². The number of aryl methyl sites for hydroxylation is 2. The number of aromatic nitrogens is 4. The summed E-state index contributed by atoms with van der Waals surface area (Å²) >= 11 is 1.80. The first-order chi connectivity index (χ1) is 17.0. The largest absolute Gasteiger partial charge is 0.493 e. The van der Waals surface area contributed by atoms with E-state index in [-0.39, 0.29) is 0 Å². The van der Waals surface area contributed by atoms with Crippen LogP contribution in [-0.4, -0.2) is 77.1 Å². The maximum absolute atomic E-state index is 10.1. The Morgan fingerprint density at radius 1 is 1.20 bits per heavy atom. The Morgan fingerprint density at radius 3 is 2.80 bits per heavy atom. The Kier molecular flexibility index (Phi) is 8.14. The molecule has 0 aliphatic heterocycles. The zero-order chi connectivity index (χ0) is 24.8. The summed E-state index contributed by atoms with van der Waals surface area (Å²) in [5, 5.41) is 8.90. The molecule has 4 aromatic heterocycles. The predicted octanol–water partition coefficient (Wildman–Crippen LogP) is 4.00. The van der Waals surface area contributed by atoms with E-state index >= 15 is 0 Å². The summed E-state index contributed by atoms with van der Waals surface area (Å²) in [5.74, 6) is 1.58. The maximum Gasteiger partial charge on any atom is 0.209 e. The number of thiophene rings is 1. The van der Waals surface area contributed by atoms with Gasteiger partial charge in [0.1, 0.15) is 17.0 Å². The third kappa shape index (κ3) is 5.88. The second-order valence-corrected chi connectivity index (χ2v) is 10.0. The van der Waals surface area contributed by atoms with Crippen LogP contribution in [0.5, 0.6) is 5.75 Å². The van der Waals surface area contributed by atoms with Crippen LogP contribution < -0.4 is 10.1 Å². The van der Waals surface area contributed by atoms with Crippen molar-refractivity contribution in [3.8, 4) is 5.75 Å². The normalized spacial score (nSPS) is 12.8. The quantitative estimate of drug-likeness (QED) is 0.370. The number of hydrogen-bond acceptors (Lipinski definition) is 8. The van der Waals surface area contributed by atoms with Crippen LogP contribution in [0.3, 0.4) is 0 Å². The second-order valence-electron chi connectivity index (χ2n) is 8.94. The van der Waals surface area contributed by atoms with E-state index in [2.05, 4.69) is 25.3 Å². The molecule has 0 spiro atoms. The number of pyridine rings is 1. The molecule has 4 aromatic rings. The number of nitrogens with one attached hydrogen (secondary N) is 1. The second kappa shape index (κ2) is 11.5. The zero-order valence-electron chi connectivity index (χ0n) is 20.8. The molecule has 0 bridgehead atoms. The topological polar surface area (TPSA) is 87.9 Å². The molecule has 0 saturated heterocycles. The van der Waals surface area contributed by atoms with Crippen LogP contribution in [0.25, 0.3) is 15.7 Å². The molecule has 1 aliphatic rings. The highest BCUT2D eigenvalue weighted by molar-refractivity contribution is 7.19. The fraction of sp³-hybridized carbons (Fsp3) is 0.440. The lowest BCUT2D eigenvalue weighted by Crippen LogP contribution is -2.22. The van der Waals surface area contributed by atoms with Crippen molar-refractivity contribution in [2.24, 2.45) is 0 Å². The lowest BCUT2D eigenvalue weighted by atomic mass is 9.97. The molecule has 0 aromatic carbocycles. The molecule has 35 heavy (non-hydrogen) atoms. The van der Waals surface area contributed by atoms with E-state index < -0.39 is 0 Å². The third-order valence-corrected chi connectivity index (χ3v) is 7.22. The first-order valence-electron chi connectivity index (χ1n) is 11.8. The van der Waals surface area contributed by atoms with Crippen molar-refractivity contribution < 1.29 is 9.53 Å². The molecule has 1 N–H and O–H groups in total. The van der Waals surface area contributed by atoms with Crippen molar-refractivity contribution in [3.05, 3.63) is 41.3 Å². The van der Waals surface area contributed by atoms with E-state index in [4.69, 9.17) is 4.74 Å². The summed E-state index contributed by atoms with van der Waals surface area (Å²) in [5.41, 5.74) is 3.30. The molecule has 1 amide bonds. The number of carbonyl (C=O) groups excluding carboxylic acids is 1. The first-order valence-corrected chi connectivity index (χ1v) is 12.7. The number of methoxy groups -OCH3 is 1. The van der Waals surface area contributed by atoms with Crippen LogP contribution in [-0.2, 0) is 17.6 Å². The van der Waals surface area contributed by atoms with E-state index in [0.717, 1.165) is 71.8 Å². The van der Waals surface area contributed by atoms with Gasteiger partial charge in [-0.05, 0) is 70.4 Å². The van der Waals surface area contributed by atoms with Gasteiger partial charge in [-0.3, -0.25) is 4.79 Å². The van der Waals surface area contributed by atoms with Gasteiger partial charge < -0.3 is 19.9 Å². The molecule has 0 radical (unpaired) electrons. The van der Waals surface area contributed by atoms with Crippen molar-refractivity contribution in [1.29, 1.82) is 0 Å². The average Bonchev–Trinajstić information content (AvgIpc) is 3.47. The minimum atomic E-state index is 0.729. The maximum atomic E-state index is 10.1. The summed E-state index contributed by atoms with van der Waals surface area (Å²) in [6.45, 7) is 1.89. The summed E-state index contributed by atoms with van der Waals surface area (Å²) in [6, 6.07) is 3.99. The van der Waals surface area contributed by atoms with Gasteiger partial charge in [0.15, 0.2) is 5.75 Å². The Hall–Kier alpha value is -3.24. The van der Waals surface area contributed by atoms with Gasteiger partial charge in [0.25, 0.3) is 0 Å². The first kappa shape index (κ1) is 24.9. The lowest BCUT2D eigenvalue weighted by molar-refractivity contribution is -0.117. The summed E-state index contributed by atoms with van der Waals surface area (Å²) < 4.78 is 7.33. The van der Waals surface area contributed by atoms with Gasteiger partial charge in [0.2, 0.25) is 6.41 Å². The summed E-state index contributed by atoms with van der Waals surface area (Å²) in [7, 11) is 7.52. The number of rotatable bonds is 8. The monoisotopic (exact) mass is 495 g/mol. The SMILES string of the molecule is CN(C)CCCN(C)C=O.COc1cn2nccc2cc1Nc1ncnc2sc3c(c12)CCCC3. The number of ether oxygens (including phenoxy) is 1. The molecular formula is C25H33N7O2S. The Balaban J connectivity index is 0.000000248. The zero-order valence-corrected chi connectivity index (χ0v) is 21.6. The van der Waals surface area contributed by atoms with Gasteiger partial charge in [0.05, 0.1) is 29.9 Å². The minimum absolute atomic E-state index is 0.729. The van der Waals surface area contributed by atoms with Crippen molar-refractivity contribution in [2.75, 3.05) is 46.7 Å². The van der Waals surface area contributed by atoms with Crippen molar-refractivity contribution in [1.82, 2.24) is 29.4 Å². The van der Waals surface area contributed by atoms with Gasteiger partial charge in [-0.15, -0.1) is 11.3 Å². The van der Waals surface area contributed by atoms with Crippen LogP contribution in [0.1, 0.15) is 29.7 Å². The highest BCUT2D eigenvalue weighted by Gasteiger charge is 2.20. The molecule has 0 atom stereocenters. The fourth-order valence-electron chi connectivity index (χ4n) is 4.21. The molecule has 0 fully saturated rings. The number of hydrogen-bond donors (Lipinski definition) is 1. The minimum Gasteiger partial charge on any atom is -0.493 e. The van der Waals surface area contributed by atoms with E-state index in [9.17, 15) is 4.79 Å². The van der Waals surface area contributed by atoms with Crippen LogP contribution in [0, 0.1) is 0 Å². The number of anilines is 2. The molecular weight excluding hydrogens is 462 g/mol. The number of nitrogens with zero attached hydrogens (tertiary/aromatic N) is 6. The van der Waals surface area contributed by atoms with Gasteiger partial charge >= 0.3 is 0 Å². The van der Waals surface area contributed by atoms with Gasteiger partial charge in [-0.1, -0.05) is 0 Å². The smallest absolute Gasteiger partial charge is 0.209 e. The standard InChI is InChI=1S/C18H17N5OS.C7H16N2O/c1-24-14-9-23-11(6-7-21-23)8-13(14)22-17-16-12-4-2-3-5-15(12)25-18(16)20-10-19-17;1-8(2)5-4-6-9(3)7-10/h6-10H,2-5H2,1H3,(H,19,20,22);7H,4-6H2,1-3H3. The van der Waals surface area contributed by atoms with Gasteiger partial charge in [-0.25, -0.2) is 14.5 Å². The molecule has 0 saturated carbocycles. The lowest BCUT2D eigenvalue weighted by Gasteiger charge is -2.14. The Bertz CT molecular complexity index is 1280. The summed E-state index contributed by atoms with van der Waals surface area (Å²) in [6.07, 6.45) is 11.9. The van der Waals surface area contributed by atoms with Crippen LogP contribution in [0.2, 0.25) is 0 Å². The third-order valence-electron chi connectivity index (χ3n) is 6.02. The Labute approximate surface area is 209 Å². The molecule has 10 heteroatoms. The molecule has 4 heterocycles. The van der Waals surface area contributed by atoms with Crippen LogP contribution >= 0.6 is 11.3 Å². The summed E-state index contributed by atoms with van der Waals surface area (Å²) in [4.78, 5) is 25.4. The van der Waals surface area contributed by atoms with Crippen molar-refractivity contribution in [3.63, 3.8) is 0 Å². The van der Waals surface area contributed by atoms with E-state index in [1.807, 2.05) is 32.4 Å². The molecule has 5 rings (SSSR count). The van der Waals surface area contributed by atoms with E-state index in [1.54, 1.807) is 47.4 Å². The molecule has 9 nitrogen and oxygen atoms in total. The number of amides is 1. The molecule has 186 valence electrons. The highest BCUT2D eigenvalue weighted by Crippen LogP contribution is 2.39. The van der Waals surface area contributed by atoms with Crippen molar-refractivity contribution in [2.45, 2.75) is 32.1 Å². The van der Waals surface area contributed by atoms with Crippen LogP contribution in [0.4, 0.5) is 11.5 Å². The highest BCUT2D eigenvalue weighted by atomic mass is 32.1. The van der Waals surface area contributed by atoms with Gasteiger partial charge in [0, 0.05) is 24.7 Å². The molecule has 1 aliphatic carbocycles. The number of carbonyl (C=O) groups is 1. The fourth-order valence-corrected chi connectivity index (χ4v) is 5.44. The molecule has 0 unspecified atom stereocenters. The predicted molar refractivity (Wildman–Crippen MR) is 141 cm³/mol. The van der Waals surface area contributed by atoms with Crippen LogP contribution in [0.15, 0.2) is 30.9 Å². The van der Waals surface area contributed by atoms with Gasteiger partial charge in [-0.2, -0.15) is 5.10 Å². The van der Waals surface area contributed by atoms with E-state index in [1.165, 1.54) is 23.3 Å². The Morgan fingerprint density at radius 2 is 2.03 bits per heavy atom. The number of fused-ring (bicyclic) bond motifs is 4. The van der Waals surface area contributed by atoms with E-state index in [0.29, 0.717) is 0 Å².